The maximum Gasteiger partial charge on any atom is 0.416 e. The van der Waals surface area contributed by atoms with Gasteiger partial charge in [0.1, 0.15) is 0 Å². The Balaban J connectivity index is 2.08. The number of alkyl halides is 3. The maximum absolute atomic E-state index is 13.7. The highest BCUT2D eigenvalue weighted by Crippen LogP contribution is 2.39. The van der Waals surface area contributed by atoms with Crippen molar-refractivity contribution in [2.45, 2.75) is 18.6 Å². The molecule has 27 heavy (non-hydrogen) atoms. The Kier molecular flexibility index (Phi) is 6.07. The van der Waals surface area contributed by atoms with Crippen LogP contribution in [0.5, 0.6) is 0 Å². The van der Waals surface area contributed by atoms with Gasteiger partial charge in [-0.05, 0) is 42.3 Å². The van der Waals surface area contributed by atoms with Gasteiger partial charge in [0, 0.05) is 39.4 Å². The monoisotopic (exact) mass is 377 g/mol. The van der Waals surface area contributed by atoms with Gasteiger partial charge in [-0.25, -0.2) is 0 Å². The number of benzene rings is 2. The van der Waals surface area contributed by atoms with Gasteiger partial charge in [-0.15, -0.1) is 0 Å². The second kappa shape index (κ2) is 8.31. The molecule has 0 bridgehead atoms. The molecule has 1 fully saturated rings. The van der Waals surface area contributed by atoms with E-state index in [-0.39, 0.29) is 0 Å². The fraction of sp³-hybridized carbons (Fsp3) is 0.429. The second-order valence-electron chi connectivity index (χ2n) is 7.11. The average Bonchev–Trinajstić information content (AvgIpc) is 2.91. The topological polar surface area (TPSA) is 18.5 Å². The molecular weight excluding hydrogens is 351 g/mol. The Morgan fingerprint density at radius 2 is 1.67 bits per heavy atom. The first-order valence-corrected chi connectivity index (χ1v) is 9.26. The van der Waals surface area contributed by atoms with Crippen LogP contribution in [0.25, 0.3) is 0 Å². The van der Waals surface area contributed by atoms with Crippen LogP contribution in [0.15, 0.2) is 48.5 Å². The molecule has 1 aliphatic rings. The van der Waals surface area contributed by atoms with E-state index < -0.39 is 17.8 Å². The van der Waals surface area contributed by atoms with Crippen LogP contribution in [0.2, 0.25) is 0 Å². The van der Waals surface area contributed by atoms with E-state index in [1.54, 1.807) is 12.1 Å². The highest BCUT2D eigenvalue weighted by molar-refractivity contribution is 5.48. The van der Waals surface area contributed by atoms with E-state index in [9.17, 15) is 13.2 Å². The summed E-state index contributed by atoms with van der Waals surface area (Å²) >= 11 is 0. The first-order chi connectivity index (χ1) is 12.9. The molecule has 146 valence electrons. The molecule has 1 saturated heterocycles. The number of hydrogen-bond acceptors (Lipinski definition) is 3. The van der Waals surface area contributed by atoms with E-state index in [4.69, 9.17) is 0 Å². The average molecular weight is 377 g/mol. The van der Waals surface area contributed by atoms with Gasteiger partial charge in [-0.2, -0.15) is 13.2 Å². The molecule has 0 spiro atoms. The van der Waals surface area contributed by atoms with Crippen LogP contribution in [-0.4, -0.2) is 45.2 Å². The third-order valence-corrected chi connectivity index (χ3v) is 5.03. The number of hydrogen-bond donors (Lipinski definition) is 1. The van der Waals surface area contributed by atoms with Gasteiger partial charge in [0.25, 0.3) is 0 Å². The molecule has 0 aromatic heterocycles. The zero-order valence-corrected chi connectivity index (χ0v) is 15.8. The summed E-state index contributed by atoms with van der Waals surface area (Å²) in [6.07, 6.45) is -3.46. The van der Waals surface area contributed by atoms with Crippen LogP contribution in [-0.2, 0) is 6.18 Å². The molecule has 3 nitrogen and oxygen atoms in total. The van der Waals surface area contributed by atoms with Crippen molar-refractivity contribution in [2.24, 2.45) is 0 Å². The summed E-state index contributed by atoms with van der Waals surface area (Å²) < 4.78 is 41.1. The zero-order chi connectivity index (χ0) is 19.4. The molecule has 2 aromatic rings. The van der Waals surface area contributed by atoms with Gasteiger partial charge in [0.05, 0.1) is 11.6 Å². The van der Waals surface area contributed by atoms with E-state index in [1.165, 1.54) is 12.1 Å². The molecule has 1 aliphatic heterocycles. The quantitative estimate of drug-likeness (QED) is 0.863. The third-order valence-electron chi connectivity index (χ3n) is 5.03. The highest BCUT2D eigenvalue weighted by atomic mass is 19.4. The van der Waals surface area contributed by atoms with E-state index in [1.807, 2.05) is 43.3 Å². The maximum atomic E-state index is 13.7. The first kappa shape index (κ1) is 19.7. The molecule has 0 amide bonds. The number of rotatable bonds is 4. The summed E-state index contributed by atoms with van der Waals surface area (Å²) in [7, 11) is 3.90. The zero-order valence-electron chi connectivity index (χ0n) is 15.8. The number of nitrogens with zero attached hydrogens (tertiary/aromatic N) is 2. The van der Waals surface area contributed by atoms with Crippen LogP contribution >= 0.6 is 0 Å². The molecular formula is C21H26F3N3. The Bertz CT molecular complexity index is 733. The Hall–Kier alpha value is -2.05. The predicted octanol–water partition coefficient (Wildman–Crippen LogP) is 4.16. The summed E-state index contributed by atoms with van der Waals surface area (Å²) in [5.41, 5.74) is 1.69. The minimum Gasteiger partial charge on any atom is -0.378 e. The Morgan fingerprint density at radius 1 is 0.963 bits per heavy atom. The van der Waals surface area contributed by atoms with Crippen molar-refractivity contribution in [3.8, 4) is 0 Å². The molecule has 0 aliphatic carbocycles. The van der Waals surface area contributed by atoms with Crippen LogP contribution in [0.1, 0.15) is 29.2 Å². The summed E-state index contributed by atoms with van der Waals surface area (Å²) in [6, 6.07) is 13.4. The van der Waals surface area contributed by atoms with E-state index >= 15 is 0 Å². The van der Waals surface area contributed by atoms with Gasteiger partial charge in [0.15, 0.2) is 0 Å². The Labute approximate surface area is 158 Å². The predicted molar refractivity (Wildman–Crippen MR) is 103 cm³/mol. The van der Waals surface area contributed by atoms with Gasteiger partial charge in [-0.1, -0.05) is 30.3 Å². The van der Waals surface area contributed by atoms with Gasteiger partial charge < -0.3 is 10.2 Å². The Morgan fingerprint density at radius 3 is 2.33 bits per heavy atom. The molecule has 1 atom stereocenters. The number of nitrogens with one attached hydrogen (secondary N) is 1. The minimum absolute atomic E-state index is 0.324. The van der Waals surface area contributed by atoms with Crippen molar-refractivity contribution >= 4 is 5.69 Å². The van der Waals surface area contributed by atoms with Crippen molar-refractivity contribution < 1.29 is 13.2 Å². The highest BCUT2D eigenvalue weighted by Gasteiger charge is 2.37. The normalized spacial score (nSPS) is 17.4. The molecule has 3 rings (SSSR count). The second-order valence-corrected chi connectivity index (χ2v) is 7.11. The van der Waals surface area contributed by atoms with E-state index in [0.29, 0.717) is 12.1 Å². The van der Waals surface area contributed by atoms with Crippen LogP contribution in [0.4, 0.5) is 18.9 Å². The largest absolute Gasteiger partial charge is 0.416 e. The minimum atomic E-state index is -4.37. The van der Waals surface area contributed by atoms with Gasteiger partial charge >= 0.3 is 6.18 Å². The van der Waals surface area contributed by atoms with E-state index in [0.717, 1.165) is 37.3 Å². The molecule has 6 heteroatoms. The number of anilines is 1. The summed E-state index contributed by atoms with van der Waals surface area (Å²) in [6.45, 7) is 3.15. The van der Waals surface area contributed by atoms with Crippen molar-refractivity contribution in [1.29, 1.82) is 0 Å². The molecule has 1 heterocycles. The smallest absolute Gasteiger partial charge is 0.378 e. The summed E-state index contributed by atoms with van der Waals surface area (Å²) in [5.74, 6) is 0. The van der Waals surface area contributed by atoms with Crippen molar-refractivity contribution in [3.05, 3.63) is 65.2 Å². The van der Waals surface area contributed by atoms with Gasteiger partial charge in [-0.3, -0.25) is 4.90 Å². The lowest BCUT2D eigenvalue weighted by Gasteiger charge is -2.33. The fourth-order valence-corrected chi connectivity index (χ4v) is 3.66. The van der Waals surface area contributed by atoms with Crippen LogP contribution in [0.3, 0.4) is 0 Å². The van der Waals surface area contributed by atoms with Crippen molar-refractivity contribution in [2.75, 3.05) is 45.2 Å². The van der Waals surface area contributed by atoms with Gasteiger partial charge in [0.2, 0.25) is 0 Å². The molecule has 1 N–H and O–H groups in total. The van der Waals surface area contributed by atoms with E-state index in [2.05, 4.69) is 10.2 Å². The first-order valence-electron chi connectivity index (χ1n) is 9.26. The van der Waals surface area contributed by atoms with Crippen LogP contribution in [0, 0.1) is 0 Å². The molecule has 0 saturated carbocycles. The SMILES string of the molecule is CN(C)c1ccc(C(c2ccccc2C(F)(F)F)N2CCCNCC2)cc1. The lowest BCUT2D eigenvalue weighted by molar-refractivity contribution is -0.138. The lowest BCUT2D eigenvalue weighted by Crippen LogP contribution is -2.34. The third kappa shape index (κ3) is 4.62. The van der Waals surface area contributed by atoms with Crippen molar-refractivity contribution in [3.63, 3.8) is 0 Å². The fourth-order valence-electron chi connectivity index (χ4n) is 3.66. The standard InChI is InChI=1S/C21H26F3N3/c1-26(2)17-10-8-16(9-11-17)20(27-14-5-12-25-13-15-27)18-6-3-4-7-19(18)21(22,23)24/h3-4,6-11,20,25H,5,12-15H2,1-2H3. The molecule has 0 radical (unpaired) electrons. The number of halogens is 3. The summed E-state index contributed by atoms with van der Waals surface area (Å²) in [4.78, 5) is 4.15. The van der Waals surface area contributed by atoms with Crippen molar-refractivity contribution in [1.82, 2.24) is 10.2 Å². The molecule has 2 aromatic carbocycles. The lowest BCUT2D eigenvalue weighted by atomic mass is 9.92. The van der Waals surface area contributed by atoms with Crippen LogP contribution < -0.4 is 10.2 Å². The summed E-state index contributed by atoms with van der Waals surface area (Å²) in [5, 5.41) is 3.33. The molecule has 1 unspecified atom stereocenters.